The van der Waals surface area contributed by atoms with Gasteiger partial charge in [-0.05, 0) is 113 Å². The number of carbonyl (C=O) groups excluding carboxylic acids is 2. The van der Waals surface area contributed by atoms with E-state index >= 15 is 0 Å². The molecule has 1 saturated heterocycles. The SMILES string of the molecule is O=C(N1CCOCCOCCOCCN(C(=O)C23CC4CC(CC(C4)C2)C3)CCOCC1)C12CC3CC(CC(C3)C1)C2. The maximum absolute atomic E-state index is 14.1. The Kier molecular flexibility index (Phi) is 8.88. The molecule has 0 atom stereocenters. The monoisotopic (exact) mass is 586 g/mol. The van der Waals surface area contributed by atoms with E-state index in [9.17, 15) is 9.59 Å². The largest absolute Gasteiger partial charge is 0.378 e. The Hall–Kier alpha value is -1.22. The Labute approximate surface area is 252 Å². The molecule has 1 heterocycles. The standard InChI is InChI=1S/C34H54N2O6/c37-31(33-19-25-13-26(20-33)15-27(14-25)21-33)35-1-5-39-6-2-36(4-8-41-10-12-42-11-9-40-7-3-35)32(38)34-22-28-16-29(23-34)18-30(17-28)24-34/h25-30H,1-24H2. The molecule has 0 N–H and O–H groups in total. The highest BCUT2D eigenvalue weighted by Crippen LogP contribution is 2.61. The van der Waals surface area contributed by atoms with Crippen molar-refractivity contribution in [2.45, 2.75) is 77.0 Å². The van der Waals surface area contributed by atoms with E-state index in [0.29, 0.717) is 90.8 Å². The quantitative estimate of drug-likeness (QED) is 0.484. The molecule has 0 aromatic heterocycles. The fourth-order valence-electron chi connectivity index (χ4n) is 11.4. The number of rotatable bonds is 2. The predicted molar refractivity (Wildman–Crippen MR) is 158 cm³/mol. The molecule has 8 heteroatoms. The molecule has 9 aliphatic rings. The van der Waals surface area contributed by atoms with Crippen molar-refractivity contribution in [2.24, 2.45) is 46.3 Å². The van der Waals surface area contributed by atoms with Crippen molar-refractivity contribution in [3.63, 3.8) is 0 Å². The van der Waals surface area contributed by atoms with Gasteiger partial charge in [0.1, 0.15) is 0 Å². The van der Waals surface area contributed by atoms with Crippen LogP contribution >= 0.6 is 0 Å². The second-order valence-corrected chi connectivity index (χ2v) is 15.4. The first-order valence-corrected chi connectivity index (χ1v) is 17.4. The van der Waals surface area contributed by atoms with E-state index in [2.05, 4.69) is 0 Å². The minimum absolute atomic E-state index is 0.157. The van der Waals surface area contributed by atoms with E-state index in [1.807, 2.05) is 9.80 Å². The lowest BCUT2D eigenvalue weighted by Gasteiger charge is -2.56. The molecule has 8 nitrogen and oxygen atoms in total. The lowest BCUT2D eigenvalue weighted by molar-refractivity contribution is -0.160. The summed E-state index contributed by atoms with van der Waals surface area (Å²) in [4.78, 5) is 32.4. The Morgan fingerprint density at radius 3 is 0.929 bits per heavy atom. The Bertz CT molecular complexity index is 825. The zero-order chi connectivity index (χ0) is 28.6. The summed E-state index contributed by atoms with van der Waals surface area (Å²) < 4.78 is 23.7. The number of amides is 2. The summed E-state index contributed by atoms with van der Waals surface area (Å²) in [6.45, 7) is 6.49. The van der Waals surface area contributed by atoms with Gasteiger partial charge in [-0.1, -0.05) is 0 Å². The minimum Gasteiger partial charge on any atom is -0.378 e. The summed E-state index contributed by atoms with van der Waals surface area (Å²) in [5.41, 5.74) is -0.314. The summed E-state index contributed by atoms with van der Waals surface area (Å²) in [5.74, 6) is 5.14. The Morgan fingerprint density at radius 1 is 0.405 bits per heavy atom. The van der Waals surface area contributed by atoms with Crippen LogP contribution in [0.25, 0.3) is 0 Å². The minimum atomic E-state index is -0.157. The smallest absolute Gasteiger partial charge is 0.228 e. The first-order chi connectivity index (χ1) is 20.5. The van der Waals surface area contributed by atoms with Crippen molar-refractivity contribution in [1.29, 1.82) is 0 Å². The average Bonchev–Trinajstić information content (AvgIpc) is 2.95. The van der Waals surface area contributed by atoms with Crippen molar-refractivity contribution in [3.8, 4) is 0 Å². The lowest BCUT2D eigenvalue weighted by Crippen LogP contribution is -2.55. The third-order valence-corrected chi connectivity index (χ3v) is 12.3. The van der Waals surface area contributed by atoms with Crippen LogP contribution in [0.15, 0.2) is 0 Å². The Morgan fingerprint density at radius 2 is 0.643 bits per heavy atom. The van der Waals surface area contributed by atoms with Crippen LogP contribution in [-0.4, -0.2) is 101 Å². The van der Waals surface area contributed by atoms with Gasteiger partial charge in [-0.25, -0.2) is 0 Å². The molecule has 8 saturated carbocycles. The average molecular weight is 587 g/mol. The van der Waals surface area contributed by atoms with Gasteiger partial charge in [0.15, 0.2) is 0 Å². The van der Waals surface area contributed by atoms with Crippen molar-refractivity contribution < 1.29 is 28.5 Å². The van der Waals surface area contributed by atoms with Crippen LogP contribution in [0.2, 0.25) is 0 Å². The van der Waals surface area contributed by atoms with E-state index in [-0.39, 0.29) is 10.8 Å². The summed E-state index contributed by atoms with van der Waals surface area (Å²) >= 11 is 0. The molecule has 0 spiro atoms. The van der Waals surface area contributed by atoms with Gasteiger partial charge in [0.25, 0.3) is 0 Å². The molecule has 9 rings (SSSR count). The fraction of sp³-hybridized carbons (Fsp3) is 0.941. The number of nitrogens with zero attached hydrogens (tertiary/aromatic N) is 2. The van der Waals surface area contributed by atoms with Gasteiger partial charge in [0.2, 0.25) is 11.8 Å². The van der Waals surface area contributed by atoms with Gasteiger partial charge in [-0.15, -0.1) is 0 Å². The van der Waals surface area contributed by atoms with Crippen molar-refractivity contribution in [2.75, 3.05) is 79.0 Å². The maximum atomic E-state index is 14.1. The van der Waals surface area contributed by atoms with E-state index in [1.165, 1.54) is 38.5 Å². The van der Waals surface area contributed by atoms with Crippen LogP contribution in [0, 0.1) is 46.3 Å². The molecule has 42 heavy (non-hydrogen) atoms. The van der Waals surface area contributed by atoms with Crippen LogP contribution in [0.3, 0.4) is 0 Å². The second-order valence-electron chi connectivity index (χ2n) is 15.4. The number of ether oxygens (including phenoxy) is 4. The molecule has 1 aliphatic heterocycles. The molecule has 0 aromatic carbocycles. The maximum Gasteiger partial charge on any atom is 0.228 e. The van der Waals surface area contributed by atoms with E-state index < -0.39 is 0 Å². The molecule has 0 unspecified atom stereocenters. The highest BCUT2D eigenvalue weighted by molar-refractivity contribution is 5.84. The van der Waals surface area contributed by atoms with Crippen molar-refractivity contribution in [1.82, 2.24) is 9.80 Å². The molecule has 9 fully saturated rings. The molecule has 8 bridgehead atoms. The molecule has 0 aromatic rings. The molecule has 8 aliphatic carbocycles. The second kappa shape index (κ2) is 12.6. The molecule has 0 radical (unpaired) electrons. The van der Waals surface area contributed by atoms with Crippen LogP contribution in [0.5, 0.6) is 0 Å². The third kappa shape index (κ3) is 6.16. The zero-order valence-corrected chi connectivity index (χ0v) is 25.8. The highest BCUT2D eigenvalue weighted by Gasteiger charge is 2.56. The van der Waals surface area contributed by atoms with E-state index in [0.717, 1.165) is 74.0 Å². The summed E-state index contributed by atoms with van der Waals surface area (Å²) in [5, 5.41) is 0. The fourth-order valence-corrected chi connectivity index (χ4v) is 11.4. The van der Waals surface area contributed by atoms with Gasteiger partial charge < -0.3 is 28.7 Å². The molecular weight excluding hydrogens is 532 g/mol. The highest BCUT2D eigenvalue weighted by atomic mass is 16.5. The van der Waals surface area contributed by atoms with E-state index in [4.69, 9.17) is 18.9 Å². The summed E-state index contributed by atoms with van der Waals surface area (Å²) in [6.07, 6.45) is 14.5. The first-order valence-electron chi connectivity index (χ1n) is 17.4. The van der Waals surface area contributed by atoms with Crippen molar-refractivity contribution in [3.05, 3.63) is 0 Å². The number of hydrogen-bond acceptors (Lipinski definition) is 6. The number of carbonyl (C=O) groups is 2. The topological polar surface area (TPSA) is 77.5 Å². The number of hydrogen-bond donors (Lipinski definition) is 0. The van der Waals surface area contributed by atoms with Gasteiger partial charge in [-0.2, -0.15) is 0 Å². The molecule has 236 valence electrons. The third-order valence-electron chi connectivity index (χ3n) is 12.3. The lowest BCUT2D eigenvalue weighted by atomic mass is 9.49. The summed E-state index contributed by atoms with van der Waals surface area (Å²) in [7, 11) is 0. The first kappa shape index (κ1) is 29.5. The van der Waals surface area contributed by atoms with E-state index in [1.54, 1.807) is 0 Å². The van der Waals surface area contributed by atoms with Crippen LogP contribution < -0.4 is 0 Å². The van der Waals surface area contributed by atoms with Gasteiger partial charge >= 0.3 is 0 Å². The summed E-state index contributed by atoms with van der Waals surface area (Å²) in [6, 6.07) is 0. The predicted octanol–water partition coefficient (Wildman–Crippen LogP) is 4.16. The van der Waals surface area contributed by atoms with Gasteiger partial charge in [0, 0.05) is 26.2 Å². The van der Waals surface area contributed by atoms with Crippen LogP contribution in [0.4, 0.5) is 0 Å². The van der Waals surface area contributed by atoms with Gasteiger partial charge in [-0.3, -0.25) is 9.59 Å². The van der Waals surface area contributed by atoms with Crippen molar-refractivity contribution >= 4 is 11.8 Å². The van der Waals surface area contributed by atoms with Crippen LogP contribution in [-0.2, 0) is 28.5 Å². The van der Waals surface area contributed by atoms with Crippen LogP contribution in [0.1, 0.15) is 77.0 Å². The molecular formula is C34H54N2O6. The normalized spacial score (nSPS) is 43.2. The zero-order valence-electron chi connectivity index (χ0n) is 25.8. The van der Waals surface area contributed by atoms with Gasteiger partial charge in [0.05, 0.1) is 63.7 Å². The molecule has 2 amide bonds. The Balaban J connectivity index is 0.985.